The van der Waals surface area contributed by atoms with Crippen LogP contribution in [0.15, 0.2) is 40.9 Å². The van der Waals surface area contributed by atoms with E-state index in [9.17, 15) is 9.90 Å². The Kier molecular flexibility index (Phi) is 3.59. The fourth-order valence-electron chi connectivity index (χ4n) is 2.63. The topological polar surface area (TPSA) is 66.6 Å². The number of aromatic hydroxyl groups is 1. The summed E-state index contributed by atoms with van der Waals surface area (Å²) >= 11 is 3.32. The minimum absolute atomic E-state index is 0.00460. The zero-order chi connectivity index (χ0) is 15.0. The minimum Gasteiger partial charge on any atom is -0.507 e. The van der Waals surface area contributed by atoms with E-state index >= 15 is 0 Å². The van der Waals surface area contributed by atoms with Crippen molar-refractivity contribution in [1.82, 2.24) is 4.90 Å². The lowest BCUT2D eigenvalue weighted by atomic mass is 9.97. The molecule has 0 fully saturated rings. The highest BCUT2D eigenvalue weighted by molar-refractivity contribution is 9.10. The van der Waals surface area contributed by atoms with Crippen molar-refractivity contribution in [2.24, 2.45) is 0 Å². The molecule has 1 amide bonds. The van der Waals surface area contributed by atoms with Crippen molar-refractivity contribution in [2.45, 2.75) is 13.0 Å². The third-order valence-electron chi connectivity index (χ3n) is 3.79. The van der Waals surface area contributed by atoms with Crippen molar-refractivity contribution in [3.8, 4) is 5.75 Å². The van der Waals surface area contributed by atoms with Crippen molar-refractivity contribution in [2.75, 3.05) is 12.3 Å². The van der Waals surface area contributed by atoms with Crippen LogP contribution in [0, 0.1) is 0 Å². The van der Waals surface area contributed by atoms with Gasteiger partial charge in [0.2, 0.25) is 0 Å². The molecule has 21 heavy (non-hydrogen) atoms. The molecule has 0 unspecified atom stereocenters. The molecule has 1 aliphatic heterocycles. The van der Waals surface area contributed by atoms with Gasteiger partial charge in [-0.05, 0) is 41.8 Å². The Morgan fingerprint density at radius 2 is 2.10 bits per heavy atom. The van der Waals surface area contributed by atoms with Gasteiger partial charge in [-0.2, -0.15) is 0 Å². The van der Waals surface area contributed by atoms with E-state index in [2.05, 4.69) is 15.9 Å². The summed E-state index contributed by atoms with van der Waals surface area (Å²) in [6.45, 7) is 1.11. The number of nitrogens with two attached hydrogens (primary N) is 1. The number of carbonyl (C=O) groups is 1. The summed E-state index contributed by atoms with van der Waals surface area (Å²) in [7, 11) is 0. The number of carbonyl (C=O) groups excluding carboxylic acids is 1. The van der Waals surface area contributed by atoms with Gasteiger partial charge in [-0.1, -0.05) is 28.1 Å². The summed E-state index contributed by atoms with van der Waals surface area (Å²) in [5, 5.41) is 9.89. The first kappa shape index (κ1) is 13.9. The van der Waals surface area contributed by atoms with E-state index < -0.39 is 0 Å². The summed E-state index contributed by atoms with van der Waals surface area (Å²) < 4.78 is 0.764. The molecule has 0 aliphatic carbocycles. The van der Waals surface area contributed by atoms with E-state index in [0.717, 1.165) is 16.5 Å². The second-order valence-corrected chi connectivity index (χ2v) is 6.04. The van der Waals surface area contributed by atoms with Crippen molar-refractivity contribution in [3.63, 3.8) is 0 Å². The van der Waals surface area contributed by atoms with E-state index in [1.54, 1.807) is 17.0 Å². The molecule has 0 spiro atoms. The van der Waals surface area contributed by atoms with Gasteiger partial charge in [-0.15, -0.1) is 0 Å². The molecule has 3 rings (SSSR count). The molecule has 0 saturated carbocycles. The average Bonchev–Trinajstić information content (AvgIpc) is 2.49. The van der Waals surface area contributed by atoms with Crippen LogP contribution in [0.1, 0.15) is 21.5 Å². The standard InChI is InChI=1S/C16H15BrN2O2/c17-11-4-5-15(20)12(8-11)16(21)19-7-6-10-2-1-3-14(18)13(10)9-19/h1-5,8,20H,6-7,9,18H2. The molecule has 0 atom stereocenters. The maximum Gasteiger partial charge on any atom is 0.257 e. The fourth-order valence-corrected chi connectivity index (χ4v) is 2.99. The van der Waals surface area contributed by atoms with Crippen LogP contribution in [-0.2, 0) is 13.0 Å². The number of amides is 1. The summed E-state index contributed by atoms with van der Waals surface area (Å²) in [5.41, 5.74) is 9.22. The van der Waals surface area contributed by atoms with Crippen LogP contribution in [0.4, 0.5) is 5.69 Å². The number of halogens is 1. The Labute approximate surface area is 131 Å². The Balaban J connectivity index is 1.91. The Morgan fingerprint density at radius 1 is 1.29 bits per heavy atom. The van der Waals surface area contributed by atoms with Crippen LogP contribution >= 0.6 is 15.9 Å². The molecule has 3 N–H and O–H groups in total. The predicted molar refractivity (Wildman–Crippen MR) is 85.1 cm³/mol. The zero-order valence-corrected chi connectivity index (χ0v) is 12.9. The van der Waals surface area contributed by atoms with Gasteiger partial charge >= 0.3 is 0 Å². The molecule has 2 aromatic rings. The first-order chi connectivity index (χ1) is 10.1. The number of hydrogen-bond donors (Lipinski definition) is 2. The molecule has 0 bridgehead atoms. The van der Waals surface area contributed by atoms with Gasteiger partial charge in [0.05, 0.1) is 5.56 Å². The van der Waals surface area contributed by atoms with Crippen molar-refractivity contribution in [1.29, 1.82) is 0 Å². The van der Waals surface area contributed by atoms with Crippen LogP contribution in [0.3, 0.4) is 0 Å². The van der Waals surface area contributed by atoms with Crippen LogP contribution in [0.5, 0.6) is 5.75 Å². The maximum absolute atomic E-state index is 12.6. The molecule has 5 heteroatoms. The molecular formula is C16H15BrN2O2. The minimum atomic E-state index is -0.178. The number of hydrogen-bond acceptors (Lipinski definition) is 3. The smallest absolute Gasteiger partial charge is 0.257 e. The highest BCUT2D eigenvalue weighted by Gasteiger charge is 2.24. The monoisotopic (exact) mass is 346 g/mol. The first-order valence-electron chi connectivity index (χ1n) is 6.70. The zero-order valence-electron chi connectivity index (χ0n) is 11.3. The lowest BCUT2D eigenvalue weighted by Crippen LogP contribution is -2.36. The lowest BCUT2D eigenvalue weighted by molar-refractivity contribution is 0.0732. The van der Waals surface area contributed by atoms with E-state index in [-0.39, 0.29) is 11.7 Å². The highest BCUT2D eigenvalue weighted by Crippen LogP contribution is 2.28. The van der Waals surface area contributed by atoms with Crippen molar-refractivity contribution in [3.05, 3.63) is 57.6 Å². The average molecular weight is 347 g/mol. The van der Waals surface area contributed by atoms with Crippen LogP contribution < -0.4 is 5.73 Å². The SMILES string of the molecule is Nc1cccc2c1CN(C(=O)c1cc(Br)ccc1O)CC2. The molecule has 0 radical (unpaired) electrons. The van der Waals surface area contributed by atoms with Crippen molar-refractivity contribution < 1.29 is 9.90 Å². The number of fused-ring (bicyclic) bond motifs is 1. The van der Waals surface area contributed by atoms with Crippen LogP contribution in [-0.4, -0.2) is 22.5 Å². The van der Waals surface area contributed by atoms with Gasteiger partial charge in [0.25, 0.3) is 5.91 Å². The Morgan fingerprint density at radius 3 is 2.90 bits per heavy atom. The summed E-state index contributed by atoms with van der Waals surface area (Å²) in [6, 6.07) is 10.7. The van der Waals surface area contributed by atoms with E-state index in [1.165, 1.54) is 11.6 Å². The van der Waals surface area contributed by atoms with Crippen LogP contribution in [0.25, 0.3) is 0 Å². The molecule has 0 saturated heterocycles. The molecule has 108 valence electrons. The number of phenols is 1. The quantitative estimate of drug-likeness (QED) is 0.780. The first-order valence-corrected chi connectivity index (χ1v) is 7.49. The summed E-state index contributed by atoms with van der Waals surface area (Å²) in [4.78, 5) is 14.3. The number of rotatable bonds is 1. The van der Waals surface area contributed by atoms with Crippen molar-refractivity contribution >= 4 is 27.5 Å². The van der Waals surface area contributed by atoms with E-state index in [0.29, 0.717) is 24.3 Å². The Bertz CT molecular complexity index is 715. The number of nitrogen functional groups attached to an aromatic ring is 1. The maximum atomic E-state index is 12.6. The second-order valence-electron chi connectivity index (χ2n) is 5.12. The molecule has 4 nitrogen and oxygen atoms in total. The van der Waals surface area contributed by atoms with Gasteiger partial charge in [-0.25, -0.2) is 0 Å². The molecule has 1 aliphatic rings. The third-order valence-corrected chi connectivity index (χ3v) is 4.28. The third kappa shape index (κ3) is 2.61. The van der Waals surface area contributed by atoms with Gasteiger partial charge in [-0.3, -0.25) is 4.79 Å². The number of phenolic OH excluding ortho intramolecular Hbond substituents is 1. The second kappa shape index (κ2) is 5.41. The van der Waals surface area contributed by atoms with E-state index in [1.807, 2.05) is 18.2 Å². The molecule has 1 heterocycles. The normalized spacial score (nSPS) is 13.9. The Hall–Kier alpha value is -2.01. The van der Waals surface area contributed by atoms with Gasteiger partial charge in [0, 0.05) is 23.2 Å². The highest BCUT2D eigenvalue weighted by atomic mass is 79.9. The van der Waals surface area contributed by atoms with Gasteiger partial charge in [0.1, 0.15) is 5.75 Å². The van der Waals surface area contributed by atoms with Gasteiger partial charge in [0.15, 0.2) is 0 Å². The number of anilines is 1. The predicted octanol–water partition coefficient (Wildman–Crippen LogP) is 2.94. The lowest BCUT2D eigenvalue weighted by Gasteiger charge is -2.30. The van der Waals surface area contributed by atoms with E-state index in [4.69, 9.17) is 5.73 Å². The van der Waals surface area contributed by atoms with Crippen LogP contribution in [0.2, 0.25) is 0 Å². The largest absolute Gasteiger partial charge is 0.507 e. The fraction of sp³-hybridized carbons (Fsp3) is 0.188. The molecular weight excluding hydrogens is 332 g/mol. The summed E-state index contributed by atoms with van der Waals surface area (Å²) in [6.07, 6.45) is 0.779. The number of nitrogens with zero attached hydrogens (tertiary/aromatic N) is 1. The number of benzene rings is 2. The summed E-state index contributed by atoms with van der Waals surface area (Å²) in [5.74, 6) is -0.183. The molecule has 2 aromatic carbocycles. The molecule has 0 aromatic heterocycles. The van der Waals surface area contributed by atoms with Gasteiger partial charge < -0.3 is 15.7 Å².